The minimum Gasteiger partial charge on any atom is -0.390 e. The Morgan fingerprint density at radius 1 is 1.47 bits per heavy atom. The molecular weight excluding hydrogens is 218 g/mol. The van der Waals surface area contributed by atoms with Crippen LogP contribution in [0, 0.1) is 0 Å². The number of sulfone groups is 1. The van der Waals surface area contributed by atoms with Gasteiger partial charge in [0.15, 0.2) is 9.84 Å². The molecule has 1 aliphatic heterocycles. The first-order valence-electron chi connectivity index (χ1n) is 5.10. The van der Waals surface area contributed by atoms with Crippen molar-refractivity contribution in [3.05, 3.63) is 0 Å². The normalized spacial score (nSPS) is 33.9. The summed E-state index contributed by atoms with van der Waals surface area (Å²) in [5.74, 6) is -0.229. The van der Waals surface area contributed by atoms with E-state index in [-0.39, 0.29) is 11.5 Å². The maximum atomic E-state index is 11.2. The summed E-state index contributed by atoms with van der Waals surface area (Å²) in [4.78, 5) is 0. The van der Waals surface area contributed by atoms with Crippen molar-refractivity contribution >= 4 is 9.84 Å². The molecule has 0 aromatic carbocycles. The number of rotatable bonds is 4. The maximum absolute atomic E-state index is 11.2. The molecule has 1 aliphatic rings. The van der Waals surface area contributed by atoms with Crippen molar-refractivity contribution in [1.82, 2.24) is 5.32 Å². The summed E-state index contributed by atoms with van der Waals surface area (Å²) in [6, 6.07) is -0.451. The molecule has 0 spiro atoms. The van der Waals surface area contributed by atoms with Crippen LogP contribution in [-0.4, -0.2) is 54.4 Å². The third-order valence-corrected chi connectivity index (χ3v) is 4.55. The molecule has 6 heteroatoms. The molecular formula is C9H19NO4S. The minimum atomic E-state index is -3.11. The molecule has 5 nitrogen and oxygen atoms in total. The Bertz CT molecular complexity index is 312. The van der Waals surface area contributed by atoms with E-state index in [0.29, 0.717) is 13.0 Å². The third-order valence-electron chi connectivity index (χ3n) is 2.83. The van der Waals surface area contributed by atoms with E-state index in [9.17, 15) is 18.6 Å². The number of hydrogen-bond donors (Lipinski definition) is 3. The lowest BCUT2D eigenvalue weighted by atomic mass is 10.0. The first kappa shape index (κ1) is 12.9. The Hall–Kier alpha value is -0.170. The molecule has 0 aromatic heterocycles. The highest BCUT2D eigenvalue weighted by Gasteiger charge is 2.36. The summed E-state index contributed by atoms with van der Waals surface area (Å²) in [6.07, 6.45) is -0.280. The summed E-state index contributed by atoms with van der Waals surface area (Å²) in [5, 5.41) is 22.1. The zero-order valence-corrected chi connectivity index (χ0v) is 9.92. The van der Waals surface area contributed by atoms with Crippen LogP contribution >= 0.6 is 0 Å². The largest absolute Gasteiger partial charge is 0.390 e. The van der Waals surface area contributed by atoms with Crippen molar-refractivity contribution < 1.29 is 18.6 Å². The molecule has 0 aliphatic carbocycles. The van der Waals surface area contributed by atoms with Crippen molar-refractivity contribution in [2.24, 2.45) is 0 Å². The highest BCUT2D eigenvalue weighted by atomic mass is 32.2. The van der Waals surface area contributed by atoms with Gasteiger partial charge >= 0.3 is 0 Å². The lowest BCUT2D eigenvalue weighted by Gasteiger charge is -2.25. The second kappa shape index (κ2) is 4.37. The van der Waals surface area contributed by atoms with Gasteiger partial charge in [0.2, 0.25) is 0 Å². The van der Waals surface area contributed by atoms with E-state index >= 15 is 0 Å². The minimum absolute atomic E-state index is 0.0477. The highest BCUT2D eigenvalue weighted by Crippen LogP contribution is 2.14. The fraction of sp³-hybridized carbons (Fsp3) is 1.00. The average molecular weight is 237 g/mol. The monoisotopic (exact) mass is 237 g/mol. The molecule has 3 N–H and O–H groups in total. The van der Waals surface area contributed by atoms with E-state index in [4.69, 9.17) is 0 Å². The van der Waals surface area contributed by atoms with E-state index < -0.39 is 27.6 Å². The molecule has 0 radical (unpaired) electrons. The molecule has 0 aromatic rings. The van der Waals surface area contributed by atoms with Crippen LogP contribution in [0.4, 0.5) is 0 Å². The Morgan fingerprint density at radius 3 is 2.47 bits per heavy atom. The molecule has 0 saturated carbocycles. The van der Waals surface area contributed by atoms with Crippen LogP contribution in [0.1, 0.15) is 20.3 Å². The van der Waals surface area contributed by atoms with E-state index in [2.05, 4.69) is 5.32 Å². The standard InChI is InChI=1S/C9H19NO4S/c1-3-9(2,12)6-10-7-4-15(13,14)5-8(7)11/h7-8,10-12H,3-6H2,1-2H3. The van der Waals surface area contributed by atoms with E-state index in [1.807, 2.05) is 6.92 Å². The third kappa shape index (κ3) is 3.71. The number of aliphatic hydroxyl groups excluding tert-OH is 1. The number of aliphatic hydroxyl groups is 2. The van der Waals surface area contributed by atoms with Crippen LogP contribution in [0.5, 0.6) is 0 Å². The number of hydrogen-bond acceptors (Lipinski definition) is 5. The lowest BCUT2D eigenvalue weighted by molar-refractivity contribution is 0.0474. The van der Waals surface area contributed by atoms with Crippen molar-refractivity contribution in [3.8, 4) is 0 Å². The second-order valence-corrected chi connectivity index (χ2v) is 6.64. The first-order chi connectivity index (χ1) is 6.76. The molecule has 3 atom stereocenters. The molecule has 0 amide bonds. The van der Waals surface area contributed by atoms with Gasteiger partial charge in [-0.3, -0.25) is 0 Å². The fourth-order valence-electron chi connectivity index (χ4n) is 1.50. The summed E-state index contributed by atoms with van der Waals surface area (Å²) < 4.78 is 22.4. The van der Waals surface area contributed by atoms with Gasteiger partial charge in [-0.05, 0) is 13.3 Å². The Morgan fingerprint density at radius 2 is 2.07 bits per heavy atom. The van der Waals surface area contributed by atoms with Gasteiger partial charge in [-0.1, -0.05) is 6.92 Å². The molecule has 90 valence electrons. The van der Waals surface area contributed by atoms with Gasteiger partial charge < -0.3 is 15.5 Å². The van der Waals surface area contributed by atoms with E-state index in [1.165, 1.54) is 0 Å². The molecule has 0 bridgehead atoms. The van der Waals surface area contributed by atoms with Crippen LogP contribution in [0.15, 0.2) is 0 Å². The van der Waals surface area contributed by atoms with Crippen LogP contribution in [0.3, 0.4) is 0 Å². The quantitative estimate of drug-likeness (QED) is 0.577. The zero-order valence-electron chi connectivity index (χ0n) is 9.10. The van der Waals surface area contributed by atoms with Crippen LogP contribution in [0.25, 0.3) is 0 Å². The molecule has 1 heterocycles. The van der Waals surface area contributed by atoms with E-state index in [1.54, 1.807) is 6.92 Å². The summed E-state index contributed by atoms with van der Waals surface area (Å²) in [6.45, 7) is 3.82. The summed E-state index contributed by atoms with van der Waals surface area (Å²) in [5.41, 5.74) is -0.855. The van der Waals surface area contributed by atoms with Gasteiger partial charge in [0.1, 0.15) is 0 Å². The zero-order chi connectivity index (χ0) is 11.7. The maximum Gasteiger partial charge on any atom is 0.154 e. The van der Waals surface area contributed by atoms with Crippen LogP contribution in [-0.2, 0) is 9.84 Å². The number of nitrogens with one attached hydrogen (secondary N) is 1. The predicted octanol–water partition coefficient (Wildman–Crippen LogP) is -1.11. The molecule has 1 rings (SSSR count). The van der Waals surface area contributed by atoms with Crippen LogP contribution < -0.4 is 5.32 Å². The molecule has 3 unspecified atom stereocenters. The van der Waals surface area contributed by atoms with Crippen molar-refractivity contribution in [1.29, 1.82) is 0 Å². The summed E-state index contributed by atoms with van der Waals surface area (Å²) in [7, 11) is -3.11. The Kier molecular flexibility index (Phi) is 3.76. The smallest absolute Gasteiger partial charge is 0.154 e. The molecule has 1 fully saturated rings. The van der Waals surface area contributed by atoms with Crippen LogP contribution in [0.2, 0.25) is 0 Å². The fourth-order valence-corrected chi connectivity index (χ4v) is 3.28. The van der Waals surface area contributed by atoms with Gasteiger partial charge in [-0.2, -0.15) is 0 Å². The van der Waals surface area contributed by atoms with Gasteiger partial charge in [-0.25, -0.2) is 8.42 Å². The molecule has 1 saturated heterocycles. The van der Waals surface area contributed by atoms with E-state index in [0.717, 1.165) is 0 Å². The van der Waals surface area contributed by atoms with Gasteiger partial charge in [0.25, 0.3) is 0 Å². The van der Waals surface area contributed by atoms with Crippen molar-refractivity contribution in [3.63, 3.8) is 0 Å². The summed E-state index contributed by atoms with van der Waals surface area (Å²) >= 11 is 0. The molecule has 15 heavy (non-hydrogen) atoms. The second-order valence-electron chi connectivity index (χ2n) is 4.48. The lowest BCUT2D eigenvalue weighted by Crippen LogP contribution is -2.46. The van der Waals surface area contributed by atoms with Gasteiger partial charge in [-0.15, -0.1) is 0 Å². The Balaban J connectivity index is 2.48. The van der Waals surface area contributed by atoms with Crippen molar-refractivity contribution in [2.75, 3.05) is 18.1 Å². The average Bonchev–Trinajstić information content (AvgIpc) is 2.36. The topological polar surface area (TPSA) is 86.6 Å². The highest BCUT2D eigenvalue weighted by molar-refractivity contribution is 7.91. The van der Waals surface area contributed by atoms with Gasteiger partial charge in [0.05, 0.1) is 23.2 Å². The SMILES string of the molecule is CCC(C)(O)CNC1CS(=O)(=O)CC1O. The Labute approximate surface area is 90.4 Å². The first-order valence-corrected chi connectivity index (χ1v) is 6.92. The van der Waals surface area contributed by atoms with Crippen molar-refractivity contribution in [2.45, 2.75) is 38.0 Å². The predicted molar refractivity (Wildman–Crippen MR) is 57.4 cm³/mol. The van der Waals surface area contributed by atoms with Gasteiger partial charge in [0, 0.05) is 12.6 Å².